The molecular formula is C20H25N3O4. The van der Waals surface area contributed by atoms with Gasteiger partial charge in [0.25, 0.3) is 5.91 Å². The number of aromatic nitrogens is 2. The first-order chi connectivity index (χ1) is 13.0. The molecule has 1 amide bonds. The van der Waals surface area contributed by atoms with Crippen molar-refractivity contribution in [3.05, 3.63) is 29.6 Å². The van der Waals surface area contributed by atoms with Crippen molar-refractivity contribution in [1.29, 1.82) is 0 Å². The van der Waals surface area contributed by atoms with E-state index in [9.17, 15) is 4.79 Å². The van der Waals surface area contributed by atoms with Crippen LogP contribution in [0.25, 0.3) is 0 Å². The van der Waals surface area contributed by atoms with Gasteiger partial charge in [-0.2, -0.15) is 4.98 Å². The highest BCUT2D eigenvalue weighted by Gasteiger charge is 2.30. The van der Waals surface area contributed by atoms with Gasteiger partial charge < -0.3 is 14.0 Å². The first-order valence-electron chi connectivity index (χ1n) is 8.81. The van der Waals surface area contributed by atoms with Crippen LogP contribution in [0.2, 0.25) is 0 Å². The second-order valence-corrected chi connectivity index (χ2v) is 6.21. The molecule has 2 aromatic rings. The van der Waals surface area contributed by atoms with E-state index in [4.69, 9.17) is 14.0 Å². The molecular weight excluding hydrogens is 346 g/mol. The number of hydrogen-bond donors (Lipinski definition) is 1. The topological polar surface area (TPSA) is 86.5 Å². The van der Waals surface area contributed by atoms with Gasteiger partial charge in [-0.3, -0.25) is 10.1 Å². The average Bonchev–Trinajstić information content (AvgIpc) is 3.16. The Balaban J connectivity index is 2.24. The van der Waals surface area contributed by atoms with E-state index in [1.165, 1.54) is 14.2 Å². The summed E-state index contributed by atoms with van der Waals surface area (Å²) in [5.41, 5.74) is -0.0918. The maximum atomic E-state index is 12.7. The van der Waals surface area contributed by atoms with Crippen molar-refractivity contribution in [3.63, 3.8) is 0 Å². The molecule has 0 aliphatic rings. The maximum Gasteiger partial charge on any atom is 0.328 e. The van der Waals surface area contributed by atoms with E-state index in [1.54, 1.807) is 18.2 Å². The number of rotatable bonds is 7. The van der Waals surface area contributed by atoms with Crippen LogP contribution >= 0.6 is 0 Å². The Morgan fingerprint density at radius 1 is 1.22 bits per heavy atom. The van der Waals surface area contributed by atoms with Crippen molar-refractivity contribution in [2.75, 3.05) is 19.5 Å². The summed E-state index contributed by atoms with van der Waals surface area (Å²) in [6, 6.07) is 5.11. The number of methoxy groups -OCH3 is 2. The molecule has 0 saturated heterocycles. The number of nitrogens with one attached hydrogen (secondary N) is 1. The van der Waals surface area contributed by atoms with E-state index < -0.39 is 5.91 Å². The molecule has 1 atom stereocenters. The van der Waals surface area contributed by atoms with Gasteiger partial charge in [-0.15, -0.1) is 11.8 Å². The zero-order valence-electron chi connectivity index (χ0n) is 16.4. The maximum absolute atomic E-state index is 12.7. The smallest absolute Gasteiger partial charge is 0.328 e. The number of amides is 1. The summed E-state index contributed by atoms with van der Waals surface area (Å²) in [6.07, 6.45) is 2.21. The van der Waals surface area contributed by atoms with Gasteiger partial charge in [-0.25, -0.2) is 0 Å². The van der Waals surface area contributed by atoms with Crippen LogP contribution in [0.1, 0.15) is 56.2 Å². The molecule has 0 fully saturated rings. The molecule has 2 rings (SSSR count). The molecule has 0 aliphatic heterocycles. The van der Waals surface area contributed by atoms with Gasteiger partial charge in [0, 0.05) is 18.3 Å². The lowest BCUT2D eigenvalue weighted by atomic mass is 9.83. The van der Waals surface area contributed by atoms with Crippen LogP contribution in [0, 0.1) is 11.8 Å². The van der Waals surface area contributed by atoms with Crippen LogP contribution in [-0.4, -0.2) is 30.3 Å². The summed E-state index contributed by atoms with van der Waals surface area (Å²) in [5.74, 6) is 7.03. The Morgan fingerprint density at radius 3 is 2.44 bits per heavy atom. The van der Waals surface area contributed by atoms with Gasteiger partial charge in [0.05, 0.1) is 14.2 Å². The number of carbonyl (C=O) groups excluding carboxylic acids is 1. The number of anilines is 1. The molecule has 7 nitrogen and oxygen atoms in total. The zero-order chi connectivity index (χ0) is 19.9. The fraction of sp³-hybridized carbons (Fsp3) is 0.450. The van der Waals surface area contributed by atoms with Crippen molar-refractivity contribution in [3.8, 4) is 23.3 Å². The van der Waals surface area contributed by atoms with Crippen molar-refractivity contribution < 1.29 is 18.8 Å². The molecule has 0 bridgehead atoms. The molecule has 0 radical (unpaired) electrons. The highest BCUT2D eigenvalue weighted by Crippen LogP contribution is 2.31. The van der Waals surface area contributed by atoms with Gasteiger partial charge >= 0.3 is 6.01 Å². The molecule has 27 heavy (non-hydrogen) atoms. The third-order valence-electron chi connectivity index (χ3n) is 4.40. The predicted octanol–water partition coefficient (Wildman–Crippen LogP) is 3.81. The van der Waals surface area contributed by atoms with E-state index in [0.717, 1.165) is 12.8 Å². The molecule has 0 saturated carbocycles. The molecule has 1 aromatic heterocycles. The molecule has 7 heteroatoms. The Morgan fingerprint density at radius 2 is 1.89 bits per heavy atom. The van der Waals surface area contributed by atoms with Gasteiger partial charge in [-0.05, 0) is 18.6 Å². The minimum absolute atomic E-state index is 0.0195. The van der Waals surface area contributed by atoms with Crippen LogP contribution in [0.15, 0.2) is 22.7 Å². The summed E-state index contributed by atoms with van der Waals surface area (Å²) in [7, 11) is 2.97. The summed E-state index contributed by atoms with van der Waals surface area (Å²) in [5, 5.41) is 6.65. The van der Waals surface area contributed by atoms with Crippen molar-refractivity contribution in [2.24, 2.45) is 0 Å². The Kier molecular flexibility index (Phi) is 6.83. The summed E-state index contributed by atoms with van der Waals surface area (Å²) in [6.45, 7) is 6.07. The third kappa shape index (κ3) is 4.59. The van der Waals surface area contributed by atoms with Crippen LogP contribution in [0.4, 0.5) is 6.01 Å². The second-order valence-electron chi connectivity index (χ2n) is 6.21. The molecule has 1 unspecified atom stereocenters. The summed E-state index contributed by atoms with van der Waals surface area (Å²) < 4.78 is 15.7. The predicted molar refractivity (Wildman–Crippen MR) is 102 cm³/mol. The first kappa shape index (κ1) is 20.3. The molecule has 1 heterocycles. The number of ether oxygens (including phenoxy) is 2. The van der Waals surface area contributed by atoms with E-state index >= 15 is 0 Å². The van der Waals surface area contributed by atoms with Crippen molar-refractivity contribution in [1.82, 2.24) is 10.1 Å². The van der Waals surface area contributed by atoms with Gasteiger partial charge in [0.1, 0.15) is 17.1 Å². The lowest BCUT2D eigenvalue weighted by Gasteiger charge is -2.20. The van der Waals surface area contributed by atoms with E-state index in [-0.39, 0.29) is 17.0 Å². The number of nitrogens with zero attached hydrogens (tertiary/aromatic N) is 2. The fourth-order valence-electron chi connectivity index (χ4n) is 2.50. The molecule has 0 spiro atoms. The zero-order valence-corrected chi connectivity index (χ0v) is 16.4. The lowest BCUT2D eigenvalue weighted by Crippen LogP contribution is -2.22. The highest BCUT2D eigenvalue weighted by molar-refractivity contribution is 6.07. The summed E-state index contributed by atoms with van der Waals surface area (Å²) >= 11 is 0. The number of benzene rings is 1. The Hall–Kier alpha value is -3.01. The Bertz CT molecular complexity index is 828. The molecule has 144 valence electrons. The standard InChI is InChI=1S/C20H25N3O4/c1-6-8-9-13-20(3,7-2)18-22-19(27-23-18)21-17(24)16-14(25-4)11-10-12-15(16)26-5/h10-12H,6-7,13H2,1-5H3,(H,21,22,23,24). The van der Waals surface area contributed by atoms with Gasteiger partial charge in [0.15, 0.2) is 5.82 Å². The minimum atomic E-state index is -0.455. The largest absolute Gasteiger partial charge is 0.496 e. The second kappa shape index (κ2) is 9.08. The monoisotopic (exact) mass is 371 g/mol. The number of carbonyl (C=O) groups is 1. The van der Waals surface area contributed by atoms with E-state index in [1.807, 2.05) is 20.8 Å². The highest BCUT2D eigenvalue weighted by atomic mass is 16.5. The van der Waals surface area contributed by atoms with Crippen molar-refractivity contribution in [2.45, 2.75) is 45.4 Å². The number of hydrogen-bond acceptors (Lipinski definition) is 6. The van der Waals surface area contributed by atoms with Crippen LogP contribution < -0.4 is 14.8 Å². The van der Waals surface area contributed by atoms with Crippen LogP contribution in [-0.2, 0) is 5.41 Å². The van der Waals surface area contributed by atoms with Crippen molar-refractivity contribution >= 4 is 11.9 Å². The normalized spacial score (nSPS) is 12.5. The van der Waals surface area contributed by atoms with Gasteiger partial charge in [0.2, 0.25) is 0 Å². The molecule has 0 aliphatic carbocycles. The first-order valence-corrected chi connectivity index (χ1v) is 8.81. The van der Waals surface area contributed by atoms with Crippen LogP contribution in [0.5, 0.6) is 11.5 Å². The third-order valence-corrected chi connectivity index (χ3v) is 4.40. The molecule has 1 aromatic carbocycles. The fourth-order valence-corrected chi connectivity index (χ4v) is 2.50. The van der Waals surface area contributed by atoms with E-state index in [2.05, 4.69) is 27.3 Å². The summed E-state index contributed by atoms with van der Waals surface area (Å²) in [4.78, 5) is 17.0. The quantitative estimate of drug-likeness (QED) is 0.745. The SMILES string of the molecule is CCC#CCC(C)(CC)c1noc(NC(=O)c2c(OC)cccc2OC)n1. The Labute approximate surface area is 159 Å². The molecule has 1 N–H and O–H groups in total. The van der Waals surface area contributed by atoms with E-state index in [0.29, 0.717) is 23.7 Å². The van der Waals surface area contributed by atoms with Gasteiger partial charge in [-0.1, -0.05) is 32.0 Å². The lowest BCUT2D eigenvalue weighted by molar-refractivity contribution is 0.101. The average molecular weight is 371 g/mol. The van der Waals surface area contributed by atoms with Crippen LogP contribution in [0.3, 0.4) is 0 Å². The minimum Gasteiger partial charge on any atom is -0.496 e.